The SMILES string of the molecule is CCOc1ccc(C(Cl)c2cc(Br)ccc2Cl)c(Br)c1. The molecule has 0 bridgehead atoms. The van der Waals surface area contributed by atoms with Crippen molar-refractivity contribution < 1.29 is 4.74 Å². The standard InChI is InChI=1S/C15H12Br2Cl2O/c1-2-20-10-4-5-11(13(17)8-10)15(19)12-7-9(16)3-6-14(12)18/h3-8,15H,2H2,1H3. The summed E-state index contributed by atoms with van der Waals surface area (Å²) in [5, 5.41) is 0.319. The predicted octanol–water partition coefficient (Wildman–Crippen LogP) is 6.59. The summed E-state index contributed by atoms with van der Waals surface area (Å²) < 4.78 is 7.31. The lowest BCUT2D eigenvalue weighted by Crippen LogP contribution is -1.97. The molecule has 1 nitrogen and oxygen atoms in total. The number of hydrogen-bond acceptors (Lipinski definition) is 1. The number of rotatable bonds is 4. The van der Waals surface area contributed by atoms with Crippen molar-refractivity contribution in [3.63, 3.8) is 0 Å². The monoisotopic (exact) mass is 436 g/mol. The van der Waals surface area contributed by atoms with Gasteiger partial charge in [0.05, 0.1) is 12.0 Å². The fourth-order valence-electron chi connectivity index (χ4n) is 1.85. The van der Waals surface area contributed by atoms with Gasteiger partial charge in [-0.3, -0.25) is 0 Å². The van der Waals surface area contributed by atoms with Crippen molar-refractivity contribution in [1.29, 1.82) is 0 Å². The molecular formula is C15H12Br2Cl2O. The second kappa shape index (κ2) is 7.17. The van der Waals surface area contributed by atoms with Crippen LogP contribution in [0.3, 0.4) is 0 Å². The number of benzene rings is 2. The third kappa shape index (κ3) is 3.70. The van der Waals surface area contributed by atoms with E-state index in [4.69, 9.17) is 27.9 Å². The first-order valence-electron chi connectivity index (χ1n) is 6.04. The quantitative estimate of drug-likeness (QED) is 0.489. The van der Waals surface area contributed by atoms with Crippen molar-refractivity contribution in [2.24, 2.45) is 0 Å². The van der Waals surface area contributed by atoms with Crippen molar-refractivity contribution in [2.75, 3.05) is 6.61 Å². The van der Waals surface area contributed by atoms with E-state index in [-0.39, 0.29) is 5.38 Å². The first-order valence-corrected chi connectivity index (χ1v) is 8.44. The third-order valence-electron chi connectivity index (χ3n) is 2.79. The summed E-state index contributed by atoms with van der Waals surface area (Å²) in [6.45, 7) is 2.58. The highest BCUT2D eigenvalue weighted by Crippen LogP contribution is 2.39. The first-order chi connectivity index (χ1) is 9.52. The number of alkyl halides is 1. The molecule has 0 aromatic heterocycles. The lowest BCUT2D eigenvalue weighted by molar-refractivity contribution is 0.340. The molecule has 106 valence electrons. The Morgan fingerprint density at radius 2 is 1.85 bits per heavy atom. The Kier molecular flexibility index (Phi) is 5.79. The van der Waals surface area contributed by atoms with Crippen LogP contribution in [0.4, 0.5) is 0 Å². The summed E-state index contributed by atoms with van der Waals surface area (Å²) in [4.78, 5) is 0. The van der Waals surface area contributed by atoms with E-state index in [1.54, 1.807) is 0 Å². The van der Waals surface area contributed by atoms with E-state index < -0.39 is 0 Å². The number of hydrogen-bond donors (Lipinski definition) is 0. The Bertz CT molecular complexity index is 617. The van der Waals surface area contributed by atoms with Gasteiger partial charge in [0.2, 0.25) is 0 Å². The van der Waals surface area contributed by atoms with E-state index in [1.807, 2.05) is 43.3 Å². The Morgan fingerprint density at radius 1 is 1.10 bits per heavy atom. The molecule has 0 aliphatic heterocycles. The summed E-state index contributed by atoms with van der Waals surface area (Å²) in [6, 6.07) is 11.4. The van der Waals surface area contributed by atoms with Crippen molar-refractivity contribution in [2.45, 2.75) is 12.3 Å². The zero-order chi connectivity index (χ0) is 14.7. The lowest BCUT2D eigenvalue weighted by Gasteiger charge is -2.15. The topological polar surface area (TPSA) is 9.23 Å². The largest absolute Gasteiger partial charge is 0.494 e. The summed E-state index contributed by atoms with van der Waals surface area (Å²) >= 11 is 19.8. The maximum atomic E-state index is 6.57. The Labute approximate surface area is 145 Å². The molecule has 20 heavy (non-hydrogen) atoms. The van der Waals surface area contributed by atoms with Gasteiger partial charge in [-0.25, -0.2) is 0 Å². The van der Waals surface area contributed by atoms with Gasteiger partial charge < -0.3 is 4.74 Å². The molecule has 0 aliphatic rings. The molecule has 2 aromatic rings. The van der Waals surface area contributed by atoms with Gasteiger partial charge in [0.25, 0.3) is 0 Å². The summed E-state index contributed by atoms with van der Waals surface area (Å²) in [5.41, 5.74) is 1.82. The number of halogens is 4. The van der Waals surface area contributed by atoms with Crippen LogP contribution in [-0.2, 0) is 0 Å². The van der Waals surface area contributed by atoms with Gasteiger partial charge in [-0.2, -0.15) is 0 Å². The molecule has 0 fully saturated rings. The van der Waals surface area contributed by atoms with E-state index >= 15 is 0 Å². The van der Waals surface area contributed by atoms with Crippen LogP contribution < -0.4 is 4.74 Å². The fourth-order valence-corrected chi connectivity index (χ4v) is 3.60. The van der Waals surface area contributed by atoms with E-state index in [9.17, 15) is 0 Å². The van der Waals surface area contributed by atoms with E-state index in [2.05, 4.69) is 31.9 Å². The molecule has 0 heterocycles. The molecule has 2 aromatic carbocycles. The van der Waals surface area contributed by atoms with Crippen LogP contribution in [-0.4, -0.2) is 6.61 Å². The second-order valence-electron chi connectivity index (χ2n) is 4.14. The maximum Gasteiger partial charge on any atom is 0.120 e. The summed E-state index contributed by atoms with van der Waals surface area (Å²) in [6.07, 6.45) is 0. The van der Waals surface area contributed by atoms with Crippen LogP contribution in [0.2, 0.25) is 5.02 Å². The minimum Gasteiger partial charge on any atom is -0.494 e. The molecule has 0 saturated heterocycles. The molecule has 2 rings (SSSR count). The van der Waals surface area contributed by atoms with Crippen LogP contribution in [0.1, 0.15) is 23.4 Å². The molecular weight excluding hydrogens is 427 g/mol. The first kappa shape index (κ1) is 16.2. The predicted molar refractivity (Wildman–Crippen MR) is 92.2 cm³/mol. The average molecular weight is 439 g/mol. The Balaban J connectivity index is 2.38. The van der Waals surface area contributed by atoms with E-state index in [0.717, 1.165) is 25.8 Å². The van der Waals surface area contributed by atoms with Gasteiger partial charge in [-0.05, 0) is 48.4 Å². The van der Waals surface area contributed by atoms with Crippen LogP contribution >= 0.6 is 55.1 Å². The van der Waals surface area contributed by atoms with Crippen molar-refractivity contribution in [3.8, 4) is 5.75 Å². The molecule has 1 unspecified atom stereocenters. The minimum absolute atomic E-state index is 0.329. The third-order valence-corrected chi connectivity index (χ3v) is 4.78. The van der Waals surface area contributed by atoms with E-state index in [0.29, 0.717) is 11.6 Å². The Hall–Kier alpha value is -0.220. The van der Waals surface area contributed by atoms with Gasteiger partial charge in [0, 0.05) is 14.0 Å². The second-order valence-corrected chi connectivity index (χ2v) is 6.76. The average Bonchev–Trinajstić information content (AvgIpc) is 2.41. The molecule has 5 heteroatoms. The normalized spacial score (nSPS) is 12.2. The van der Waals surface area contributed by atoms with Crippen LogP contribution in [0.25, 0.3) is 0 Å². The smallest absolute Gasteiger partial charge is 0.120 e. The summed E-state index contributed by atoms with van der Waals surface area (Å²) in [5.74, 6) is 0.812. The van der Waals surface area contributed by atoms with Crippen molar-refractivity contribution in [1.82, 2.24) is 0 Å². The number of ether oxygens (including phenoxy) is 1. The van der Waals surface area contributed by atoms with Gasteiger partial charge in [-0.1, -0.05) is 49.5 Å². The van der Waals surface area contributed by atoms with Crippen molar-refractivity contribution in [3.05, 3.63) is 61.5 Å². The fraction of sp³-hybridized carbons (Fsp3) is 0.200. The van der Waals surface area contributed by atoms with Crippen LogP contribution in [0, 0.1) is 0 Å². The maximum absolute atomic E-state index is 6.57. The van der Waals surface area contributed by atoms with Gasteiger partial charge in [0.15, 0.2) is 0 Å². The molecule has 0 amide bonds. The zero-order valence-electron chi connectivity index (χ0n) is 10.7. The van der Waals surface area contributed by atoms with Gasteiger partial charge in [-0.15, -0.1) is 11.6 Å². The van der Waals surface area contributed by atoms with Crippen LogP contribution in [0.15, 0.2) is 45.3 Å². The minimum atomic E-state index is -0.329. The highest BCUT2D eigenvalue weighted by Gasteiger charge is 2.17. The highest BCUT2D eigenvalue weighted by molar-refractivity contribution is 9.10. The Morgan fingerprint density at radius 3 is 2.50 bits per heavy atom. The lowest BCUT2D eigenvalue weighted by atomic mass is 10.0. The zero-order valence-corrected chi connectivity index (χ0v) is 15.4. The molecule has 1 atom stereocenters. The van der Waals surface area contributed by atoms with Crippen LogP contribution in [0.5, 0.6) is 5.75 Å². The van der Waals surface area contributed by atoms with E-state index in [1.165, 1.54) is 0 Å². The highest BCUT2D eigenvalue weighted by atomic mass is 79.9. The van der Waals surface area contributed by atoms with Crippen molar-refractivity contribution >= 4 is 55.1 Å². The molecule has 0 spiro atoms. The summed E-state index contributed by atoms with van der Waals surface area (Å²) in [7, 11) is 0. The molecule has 0 saturated carbocycles. The molecule has 0 N–H and O–H groups in total. The van der Waals surface area contributed by atoms with Gasteiger partial charge >= 0.3 is 0 Å². The molecule has 0 aliphatic carbocycles. The molecule has 0 radical (unpaired) electrons. The van der Waals surface area contributed by atoms with Gasteiger partial charge in [0.1, 0.15) is 5.75 Å².